The molecule has 15 nitrogen and oxygen atoms in total. The quantitative estimate of drug-likeness (QED) is 0.0843. The van der Waals surface area contributed by atoms with Crippen LogP contribution in [-0.2, 0) is 46.4 Å². The van der Waals surface area contributed by atoms with Gasteiger partial charge in [-0.1, -0.05) is 83.5 Å². The first kappa shape index (κ1) is 51.0. The molecule has 4 N–H and O–H groups in total. The second-order valence-corrected chi connectivity index (χ2v) is 18.9. The monoisotopic (exact) mass is 1000 g/mol. The van der Waals surface area contributed by atoms with E-state index in [0.717, 1.165) is 36.1 Å². The molecular weight excluding hydrogens is 931 g/mol. The third-order valence-corrected chi connectivity index (χ3v) is 14.5. The molecule has 2 saturated heterocycles. The number of carbonyl (C=O) groups is 5. The van der Waals surface area contributed by atoms with Crippen LogP contribution in [0, 0.1) is 23.7 Å². The predicted octanol–water partition coefficient (Wildman–Crippen LogP) is 5.72. The molecule has 2 aliphatic heterocycles. The van der Waals surface area contributed by atoms with E-state index >= 15 is 0 Å². The molecule has 2 bridgehead atoms. The summed E-state index contributed by atoms with van der Waals surface area (Å²) < 4.78 is 20.8. The Morgan fingerprint density at radius 2 is 1.62 bits per heavy atom. The molecule has 11 unspecified atom stereocenters. The number of fused-ring (bicyclic) bond motifs is 2. The van der Waals surface area contributed by atoms with Crippen LogP contribution in [0.4, 0.5) is 10.5 Å². The minimum atomic E-state index is -0.902. The molecule has 0 spiro atoms. The molecule has 2 aromatic rings. The number of rotatable bonds is 22. The molecule has 3 aliphatic rings. The van der Waals surface area contributed by atoms with Crippen molar-refractivity contribution in [1.29, 1.82) is 0 Å². The fourth-order valence-corrected chi connectivity index (χ4v) is 10.5. The van der Waals surface area contributed by atoms with E-state index in [4.69, 9.17) is 14.2 Å². The number of nitrogens with one attached hydrogen (secondary N) is 3. The van der Waals surface area contributed by atoms with Crippen molar-refractivity contribution in [2.75, 3.05) is 37.9 Å². The normalized spacial score (nSPS) is 22.5. The van der Waals surface area contributed by atoms with Crippen LogP contribution in [0.25, 0.3) is 0 Å². The molecule has 11 atom stereocenters. The van der Waals surface area contributed by atoms with Gasteiger partial charge in [-0.05, 0) is 79.5 Å². The van der Waals surface area contributed by atoms with Crippen molar-refractivity contribution in [2.24, 2.45) is 23.7 Å². The number of amides is 5. The summed E-state index contributed by atoms with van der Waals surface area (Å²) in [5.41, 5.74) is 2.78. The van der Waals surface area contributed by atoms with Gasteiger partial charge in [-0.2, -0.15) is 0 Å². The van der Waals surface area contributed by atoms with E-state index in [1.165, 1.54) is 0 Å². The smallest absolute Gasteiger partial charge is 0.411 e. The van der Waals surface area contributed by atoms with Gasteiger partial charge in [0.25, 0.3) is 0 Å². The van der Waals surface area contributed by atoms with Gasteiger partial charge in [0, 0.05) is 39.5 Å². The minimum absolute atomic E-state index is 0.0149. The Morgan fingerprint density at radius 1 is 0.922 bits per heavy atom. The molecule has 5 rings (SSSR count). The zero-order valence-corrected chi connectivity index (χ0v) is 41.0. The molecule has 2 aromatic carbocycles. The topological polar surface area (TPSA) is 179 Å². The fourth-order valence-electron chi connectivity index (χ4n) is 10.1. The first-order valence-electron chi connectivity index (χ1n) is 23.0. The lowest BCUT2D eigenvalue weighted by Gasteiger charge is -2.41. The predicted molar refractivity (Wildman–Crippen MR) is 253 cm³/mol. The maximum absolute atomic E-state index is 14.6. The van der Waals surface area contributed by atoms with Crippen molar-refractivity contribution in [3.05, 3.63) is 65.7 Å². The SMILES string of the molecule is CCC(C)C(C(CC(=O)N1CCCC1C(OC)C(C)C(=O)NC(CO)Cc1ccc(NI)cc1)OC)N(C)C(=O)C(NC(=O)C1C2CCC(C2)N1C(=O)OCc1ccccc1)C(C)C. The van der Waals surface area contributed by atoms with Gasteiger partial charge in [0.1, 0.15) is 18.7 Å². The summed E-state index contributed by atoms with van der Waals surface area (Å²) in [5.74, 6) is -2.15. The van der Waals surface area contributed by atoms with Crippen LogP contribution in [0.5, 0.6) is 0 Å². The molecule has 5 amide bonds. The van der Waals surface area contributed by atoms with Crippen LogP contribution in [0.3, 0.4) is 0 Å². The number of carbonyl (C=O) groups excluding carboxylic acids is 5. The van der Waals surface area contributed by atoms with Crippen LogP contribution >= 0.6 is 22.9 Å². The van der Waals surface area contributed by atoms with E-state index in [2.05, 4.69) is 37.0 Å². The molecule has 0 aromatic heterocycles. The number of methoxy groups -OCH3 is 2. The van der Waals surface area contributed by atoms with Crippen LogP contribution < -0.4 is 14.2 Å². The average Bonchev–Trinajstić information content (AvgIpc) is 4.08. The number of hydrogen-bond donors (Lipinski definition) is 4. The summed E-state index contributed by atoms with van der Waals surface area (Å²) in [6, 6.07) is 14.1. The van der Waals surface area contributed by atoms with Crippen LogP contribution in [0.2, 0.25) is 0 Å². The molecule has 64 heavy (non-hydrogen) atoms. The summed E-state index contributed by atoms with van der Waals surface area (Å²) in [6.45, 7) is 9.95. The summed E-state index contributed by atoms with van der Waals surface area (Å²) in [6.07, 6.45) is 3.02. The highest BCUT2D eigenvalue weighted by atomic mass is 127. The maximum atomic E-state index is 14.6. The number of likely N-dealkylation sites (tertiary alicyclic amines) is 2. The third-order valence-electron chi connectivity index (χ3n) is 13.9. The van der Waals surface area contributed by atoms with Crippen molar-refractivity contribution < 1.29 is 43.3 Å². The van der Waals surface area contributed by atoms with Crippen molar-refractivity contribution in [3.8, 4) is 0 Å². The summed E-state index contributed by atoms with van der Waals surface area (Å²) in [4.78, 5) is 75.4. The number of piperidine rings is 1. The van der Waals surface area contributed by atoms with E-state index in [1.54, 1.807) is 42.9 Å². The van der Waals surface area contributed by atoms with Gasteiger partial charge in [0.05, 0.1) is 72.1 Å². The number of ether oxygens (including phenoxy) is 3. The summed E-state index contributed by atoms with van der Waals surface area (Å²) in [7, 11) is 4.81. The lowest BCUT2D eigenvalue weighted by atomic mass is 9.89. The average molecular weight is 1000 g/mol. The van der Waals surface area contributed by atoms with Gasteiger partial charge in [0.15, 0.2) is 0 Å². The lowest BCUT2D eigenvalue weighted by Crippen LogP contribution is -2.60. The standard InChI is InChI=1S/C48H71IN6O9/c1-9-30(4)42(53(6)47(60)41(29(2)3)51-46(59)43-34-19-22-37(25-34)55(43)48(61)64-28-33-14-11-10-12-15-33)39(62-7)26-40(57)54-23-13-16-38(54)44(63-8)31(5)45(58)50-36(27-56)24-32-17-20-35(52-49)21-18-32/h10-12,14-15,17-18,20-21,29-31,34,36-39,41-44,52,56H,9,13,16,19,22-28H2,1-8H3,(H,50,58)(H,51,59). The molecular formula is C48H71IN6O9. The van der Waals surface area contributed by atoms with E-state index in [-0.39, 0.29) is 73.1 Å². The Morgan fingerprint density at radius 3 is 2.23 bits per heavy atom. The van der Waals surface area contributed by atoms with Crippen LogP contribution in [0.1, 0.15) is 90.7 Å². The molecule has 2 heterocycles. The van der Waals surface area contributed by atoms with Crippen molar-refractivity contribution in [3.63, 3.8) is 0 Å². The van der Waals surface area contributed by atoms with Gasteiger partial charge in [-0.3, -0.25) is 24.1 Å². The number of likely N-dealkylation sites (N-methyl/N-ethyl adjacent to an activating group) is 1. The van der Waals surface area contributed by atoms with Gasteiger partial charge in [-0.25, -0.2) is 4.79 Å². The first-order valence-corrected chi connectivity index (χ1v) is 24.0. The maximum Gasteiger partial charge on any atom is 0.411 e. The van der Waals surface area contributed by atoms with Crippen molar-refractivity contribution >= 4 is 58.3 Å². The first-order chi connectivity index (χ1) is 30.7. The molecule has 3 fully saturated rings. The number of hydrogen-bond acceptors (Lipinski definition) is 10. The van der Waals surface area contributed by atoms with Crippen LogP contribution in [0.15, 0.2) is 54.6 Å². The van der Waals surface area contributed by atoms with Crippen LogP contribution in [-0.4, -0.2) is 132 Å². The third kappa shape index (κ3) is 12.3. The Kier molecular flexibility index (Phi) is 19.1. The largest absolute Gasteiger partial charge is 0.445 e. The number of nitrogens with zero attached hydrogens (tertiary/aromatic N) is 3. The Labute approximate surface area is 393 Å². The van der Waals surface area contributed by atoms with Gasteiger partial charge < -0.3 is 43.3 Å². The Balaban J connectivity index is 1.25. The zero-order valence-electron chi connectivity index (χ0n) is 38.8. The second kappa shape index (κ2) is 24.0. The fraction of sp³-hybridized carbons (Fsp3) is 0.646. The summed E-state index contributed by atoms with van der Waals surface area (Å²) >= 11 is 2.06. The molecule has 0 radical (unpaired) electrons. The molecule has 16 heteroatoms. The van der Waals surface area contributed by atoms with E-state index in [9.17, 15) is 29.1 Å². The Bertz CT molecular complexity index is 1860. The number of benzene rings is 2. The number of aliphatic hydroxyl groups excluding tert-OH is 1. The van der Waals surface area contributed by atoms with Gasteiger partial charge in [0.2, 0.25) is 23.6 Å². The molecule has 1 aliphatic carbocycles. The highest BCUT2D eigenvalue weighted by Gasteiger charge is 2.53. The second-order valence-electron chi connectivity index (χ2n) is 18.3. The Hall–Kier alpha value is -4.00. The molecule has 354 valence electrons. The minimum Gasteiger partial charge on any atom is -0.445 e. The summed E-state index contributed by atoms with van der Waals surface area (Å²) in [5, 5.41) is 16.2. The highest BCUT2D eigenvalue weighted by Crippen LogP contribution is 2.43. The lowest BCUT2D eigenvalue weighted by molar-refractivity contribution is -0.148. The van der Waals surface area contributed by atoms with Gasteiger partial charge in [-0.15, -0.1) is 0 Å². The number of halogens is 1. The molecule has 1 saturated carbocycles. The van der Waals surface area contributed by atoms with Gasteiger partial charge >= 0.3 is 6.09 Å². The van der Waals surface area contributed by atoms with E-state index < -0.39 is 48.4 Å². The van der Waals surface area contributed by atoms with E-state index in [0.29, 0.717) is 32.2 Å². The van der Waals surface area contributed by atoms with Crippen molar-refractivity contribution in [2.45, 2.75) is 141 Å². The number of aliphatic hydroxyl groups is 1. The highest BCUT2D eigenvalue weighted by molar-refractivity contribution is 14.1. The number of anilines is 1. The van der Waals surface area contributed by atoms with E-state index in [1.807, 2.05) is 82.3 Å². The van der Waals surface area contributed by atoms with Crippen molar-refractivity contribution in [1.82, 2.24) is 25.3 Å². The zero-order chi connectivity index (χ0) is 46.7.